The molecule has 0 bridgehead atoms. The van der Waals surface area contributed by atoms with Gasteiger partial charge in [0.15, 0.2) is 0 Å². The number of aromatic nitrogens is 2. The van der Waals surface area contributed by atoms with Gasteiger partial charge in [-0.05, 0) is 84.5 Å². The summed E-state index contributed by atoms with van der Waals surface area (Å²) in [4.78, 5) is 8.89. The van der Waals surface area contributed by atoms with Crippen molar-refractivity contribution in [3.8, 4) is 0 Å². The molecule has 3 aromatic carbocycles. The van der Waals surface area contributed by atoms with Crippen LogP contribution >= 0.6 is 0 Å². The summed E-state index contributed by atoms with van der Waals surface area (Å²) in [5.74, 6) is 0.902. The smallest absolute Gasteiger partial charge is 0.243 e. The van der Waals surface area contributed by atoms with Gasteiger partial charge >= 0.3 is 0 Å². The number of nitrogens with one attached hydrogen (secondary N) is 2. The molecule has 0 saturated carbocycles. The summed E-state index contributed by atoms with van der Waals surface area (Å²) >= 11 is 0. The SMILES string of the molecule is NCc1ccc(C2CCN(S(=O)(=O)c3ccc(Nc4nccc(Nc5ccc(F)cc5)n4)cc3)CC2)cc1. The van der Waals surface area contributed by atoms with E-state index in [4.69, 9.17) is 5.73 Å². The molecule has 4 aromatic rings. The highest BCUT2D eigenvalue weighted by Gasteiger charge is 2.30. The number of sulfonamides is 1. The Morgan fingerprint density at radius 3 is 2.16 bits per heavy atom. The lowest BCUT2D eigenvalue weighted by Crippen LogP contribution is -2.37. The molecule has 1 aliphatic heterocycles. The summed E-state index contributed by atoms with van der Waals surface area (Å²) < 4.78 is 41.2. The number of benzene rings is 3. The minimum Gasteiger partial charge on any atom is -0.340 e. The van der Waals surface area contributed by atoms with Crippen LogP contribution in [0.5, 0.6) is 0 Å². The Morgan fingerprint density at radius 2 is 1.50 bits per heavy atom. The van der Waals surface area contributed by atoms with Crippen molar-refractivity contribution in [3.05, 3.63) is 102 Å². The van der Waals surface area contributed by atoms with Gasteiger partial charge in [-0.3, -0.25) is 0 Å². The molecule has 0 aliphatic carbocycles. The molecule has 8 nitrogen and oxygen atoms in total. The van der Waals surface area contributed by atoms with Gasteiger partial charge in [-0.15, -0.1) is 0 Å². The Kier molecular flexibility index (Phi) is 7.64. The lowest BCUT2D eigenvalue weighted by molar-refractivity contribution is 0.319. The first kappa shape index (κ1) is 25.8. The summed E-state index contributed by atoms with van der Waals surface area (Å²) in [5.41, 5.74) is 9.36. The molecule has 1 saturated heterocycles. The van der Waals surface area contributed by atoms with Crippen molar-refractivity contribution in [3.63, 3.8) is 0 Å². The van der Waals surface area contributed by atoms with E-state index in [9.17, 15) is 12.8 Å². The lowest BCUT2D eigenvalue weighted by Gasteiger charge is -2.31. The summed E-state index contributed by atoms with van der Waals surface area (Å²) in [7, 11) is -3.59. The van der Waals surface area contributed by atoms with Gasteiger partial charge in [-0.2, -0.15) is 9.29 Å². The Labute approximate surface area is 221 Å². The van der Waals surface area contributed by atoms with Crippen LogP contribution in [0.3, 0.4) is 0 Å². The molecular weight excluding hydrogens is 503 g/mol. The summed E-state index contributed by atoms with van der Waals surface area (Å²) in [6.45, 7) is 1.47. The van der Waals surface area contributed by atoms with Gasteiger partial charge in [0, 0.05) is 37.2 Å². The standard InChI is InChI=1S/C28H29FN6O2S/c29-23-5-7-24(8-6-23)32-27-13-16-31-28(34-27)33-25-9-11-26(12-10-25)38(36,37)35-17-14-22(15-18-35)21-3-1-20(19-30)2-4-21/h1-13,16,22H,14-15,17-19,30H2,(H2,31,32,33,34). The zero-order valence-corrected chi connectivity index (χ0v) is 21.5. The number of hydrogen-bond donors (Lipinski definition) is 3. The molecule has 0 atom stereocenters. The van der Waals surface area contributed by atoms with Gasteiger partial charge < -0.3 is 16.4 Å². The first-order valence-electron chi connectivity index (χ1n) is 12.4. The van der Waals surface area contributed by atoms with E-state index in [-0.39, 0.29) is 10.7 Å². The van der Waals surface area contributed by atoms with Crippen molar-refractivity contribution in [2.75, 3.05) is 23.7 Å². The van der Waals surface area contributed by atoms with E-state index in [1.165, 1.54) is 17.7 Å². The fourth-order valence-electron chi connectivity index (χ4n) is 4.51. The molecule has 1 fully saturated rings. The van der Waals surface area contributed by atoms with Crippen molar-refractivity contribution in [2.45, 2.75) is 30.2 Å². The topological polar surface area (TPSA) is 113 Å². The third-order valence-electron chi connectivity index (χ3n) is 6.66. The van der Waals surface area contributed by atoms with Crippen molar-refractivity contribution in [1.82, 2.24) is 14.3 Å². The van der Waals surface area contributed by atoms with E-state index >= 15 is 0 Å². The van der Waals surface area contributed by atoms with Gasteiger partial charge in [0.2, 0.25) is 16.0 Å². The predicted octanol–water partition coefficient (Wildman–Crippen LogP) is 5.13. The average molecular weight is 533 g/mol. The van der Waals surface area contributed by atoms with E-state index in [2.05, 4.69) is 32.7 Å². The molecule has 0 spiro atoms. The van der Waals surface area contributed by atoms with Gasteiger partial charge in [0.25, 0.3) is 0 Å². The molecule has 4 N–H and O–H groups in total. The van der Waals surface area contributed by atoms with Crippen LogP contribution < -0.4 is 16.4 Å². The minimum atomic E-state index is -3.59. The van der Waals surface area contributed by atoms with E-state index in [0.29, 0.717) is 48.7 Å². The maximum Gasteiger partial charge on any atom is 0.243 e. The van der Waals surface area contributed by atoms with Crippen LogP contribution in [0, 0.1) is 5.82 Å². The van der Waals surface area contributed by atoms with Crippen molar-refractivity contribution in [1.29, 1.82) is 0 Å². The molecule has 0 unspecified atom stereocenters. The molecule has 2 heterocycles. The summed E-state index contributed by atoms with van der Waals surface area (Å²) in [6, 6.07) is 22.5. The summed E-state index contributed by atoms with van der Waals surface area (Å²) in [5, 5.41) is 6.18. The fraction of sp³-hybridized carbons (Fsp3) is 0.214. The van der Waals surface area contributed by atoms with Gasteiger partial charge in [-0.1, -0.05) is 24.3 Å². The van der Waals surface area contributed by atoms with Crippen molar-refractivity contribution >= 4 is 33.2 Å². The number of nitrogens with zero attached hydrogens (tertiary/aromatic N) is 3. The summed E-state index contributed by atoms with van der Waals surface area (Å²) in [6.07, 6.45) is 3.15. The van der Waals surface area contributed by atoms with E-state index in [1.54, 1.807) is 53.0 Å². The molecule has 0 amide bonds. The Bertz CT molecular complexity index is 1470. The monoisotopic (exact) mass is 532 g/mol. The number of hydrogen-bond acceptors (Lipinski definition) is 7. The minimum absolute atomic E-state index is 0.251. The van der Waals surface area contributed by atoms with Crippen LogP contribution in [0.4, 0.5) is 27.5 Å². The Balaban J connectivity index is 1.20. The van der Waals surface area contributed by atoms with Crippen LogP contribution in [-0.4, -0.2) is 35.8 Å². The van der Waals surface area contributed by atoms with E-state index in [1.807, 2.05) is 12.1 Å². The van der Waals surface area contributed by atoms with Crippen molar-refractivity contribution < 1.29 is 12.8 Å². The number of halogens is 1. The average Bonchev–Trinajstić information content (AvgIpc) is 2.95. The van der Waals surface area contributed by atoms with Crippen LogP contribution in [0.2, 0.25) is 0 Å². The third kappa shape index (κ3) is 5.99. The number of piperidine rings is 1. The van der Waals surface area contributed by atoms with Crippen LogP contribution in [-0.2, 0) is 16.6 Å². The molecule has 10 heteroatoms. The molecule has 1 aromatic heterocycles. The molecular formula is C28H29FN6O2S. The van der Waals surface area contributed by atoms with Crippen molar-refractivity contribution in [2.24, 2.45) is 5.73 Å². The second-order valence-corrected chi connectivity index (χ2v) is 11.1. The fourth-order valence-corrected chi connectivity index (χ4v) is 5.98. The molecule has 196 valence electrons. The Hall–Kier alpha value is -3.86. The molecule has 38 heavy (non-hydrogen) atoms. The highest BCUT2D eigenvalue weighted by Crippen LogP contribution is 2.31. The largest absolute Gasteiger partial charge is 0.340 e. The highest BCUT2D eigenvalue weighted by molar-refractivity contribution is 7.89. The quantitative estimate of drug-likeness (QED) is 0.288. The first-order chi connectivity index (χ1) is 18.4. The van der Waals surface area contributed by atoms with E-state index in [0.717, 1.165) is 18.4 Å². The lowest BCUT2D eigenvalue weighted by atomic mass is 9.90. The van der Waals surface area contributed by atoms with Crippen LogP contribution in [0.15, 0.2) is 90.0 Å². The van der Waals surface area contributed by atoms with Gasteiger partial charge in [0.1, 0.15) is 11.6 Å². The highest BCUT2D eigenvalue weighted by atomic mass is 32.2. The number of nitrogens with two attached hydrogens (primary N) is 1. The van der Waals surface area contributed by atoms with Crippen LogP contribution in [0.1, 0.15) is 29.9 Å². The van der Waals surface area contributed by atoms with Gasteiger partial charge in [-0.25, -0.2) is 17.8 Å². The third-order valence-corrected chi connectivity index (χ3v) is 8.57. The molecule has 1 aliphatic rings. The van der Waals surface area contributed by atoms with Crippen LogP contribution in [0.25, 0.3) is 0 Å². The maximum atomic E-state index is 13.3. The second-order valence-electron chi connectivity index (χ2n) is 9.17. The Morgan fingerprint density at radius 1 is 0.868 bits per heavy atom. The normalized spacial score (nSPS) is 14.8. The molecule has 0 radical (unpaired) electrons. The predicted molar refractivity (Wildman–Crippen MR) is 147 cm³/mol. The van der Waals surface area contributed by atoms with Gasteiger partial charge in [0.05, 0.1) is 4.90 Å². The first-order valence-corrected chi connectivity index (χ1v) is 13.9. The zero-order chi connectivity index (χ0) is 26.5. The zero-order valence-electron chi connectivity index (χ0n) is 20.7. The number of anilines is 4. The van der Waals surface area contributed by atoms with E-state index < -0.39 is 10.0 Å². The second kappa shape index (κ2) is 11.3. The number of rotatable bonds is 8. The maximum absolute atomic E-state index is 13.3. The molecule has 5 rings (SSSR count).